The first-order valence-corrected chi connectivity index (χ1v) is 10.7. The third-order valence-corrected chi connectivity index (χ3v) is 5.56. The van der Waals surface area contributed by atoms with Gasteiger partial charge < -0.3 is 9.84 Å². The van der Waals surface area contributed by atoms with Crippen molar-refractivity contribution in [1.82, 2.24) is 5.48 Å². The number of amides is 1. The minimum absolute atomic E-state index is 0.153. The van der Waals surface area contributed by atoms with Crippen LogP contribution in [-0.2, 0) is 25.6 Å². The van der Waals surface area contributed by atoms with E-state index in [-0.39, 0.29) is 5.92 Å². The van der Waals surface area contributed by atoms with Gasteiger partial charge in [-0.3, -0.25) is 9.59 Å². The largest absolute Gasteiger partial charge is 0.481 e. The third kappa shape index (κ3) is 6.03. The van der Waals surface area contributed by atoms with Gasteiger partial charge in [0.25, 0.3) is 0 Å². The second-order valence-corrected chi connectivity index (χ2v) is 8.45. The van der Waals surface area contributed by atoms with Crippen molar-refractivity contribution in [2.24, 2.45) is 17.8 Å². The van der Waals surface area contributed by atoms with E-state index in [0.717, 1.165) is 29.2 Å². The number of carbonyl (C=O) groups is 2. The van der Waals surface area contributed by atoms with Crippen LogP contribution in [0.1, 0.15) is 45.1 Å². The van der Waals surface area contributed by atoms with Crippen LogP contribution in [0.15, 0.2) is 42.5 Å². The van der Waals surface area contributed by atoms with Crippen molar-refractivity contribution in [3.05, 3.63) is 48.0 Å². The van der Waals surface area contributed by atoms with E-state index >= 15 is 0 Å². The van der Waals surface area contributed by atoms with Crippen LogP contribution in [0, 0.1) is 17.8 Å². The van der Waals surface area contributed by atoms with Gasteiger partial charge in [-0.05, 0) is 47.9 Å². The van der Waals surface area contributed by atoms with Crippen molar-refractivity contribution in [2.75, 3.05) is 6.61 Å². The number of ether oxygens (including phenoxy) is 1. The highest BCUT2D eigenvalue weighted by Gasteiger charge is 2.35. The number of carboxylic acids is 1. The molecule has 2 N–H and O–H groups in total. The van der Waals surface area contributed by atoms with Crippen LogP contribution in [0.4, 0.5) is 0 Å². The molecule has 30 heavy (non-hydrogen) atoms. The molecule has 1 unspecified atom stereocenters. The van der Waals surface area contributed by atoms with Gasteiger partial charge >= 0.3 is 5.97 Å². The summed E-state index contributed by atoms with van der Waals surface area (Å²) < 4.78 is 5.49. The Morgan fingerprint density at radius 3 is 2.57 bits per heavy atom. The van der Waals surface area contributed by atoms with Crippen molar-refractivity contribution in [3.63, 3.8) is 0 Å². The van der Waals surface area contributed by atoms with Gasteiger partial charge in [0.2, 0.25) is 5.91 Å². The first kappa shape index (κ1) is 22.2. The van der Waals surface area contributed by atoms with Crippen molar-refractivity contribution < 1.29 is 24.3 Å². The molecule has 0 aliphatic carbocycles. The molecule has 6 heteroatoms. The van der Waals surface area contributed by atoms with Gasteiger partial charge in [-0.2, -0.15) is 0 Å². The summed E-state index contributed by atoms with van der Waals surface area (Å²) in [5.41, 5.74) is 3.42. The second-order valence-electron chi connectivity index (χ2n) is 8.45. The summed E-state index contributed by atoms with van der Waals surface area (Å²) >= 11 is 0. The van der Waals surface area contributed by atoms with Crippen LogP contribution in [-0.4, -0.2) is 29.9 Å². The molecule has 0 bridgehead atoms. The second kappa shape index (κ2) is 10.5. The van der Waals surface area contributed by atoms with E-state index in [2.05, 4.69) is 5.48 Å². The number of hydrogen-bond donors (Lipinski definition) is 2. The molecule has 1 amide bonds. The van der Waals surface area contributed by atoms with E-state index in [1.54, 1.807) is 0 Å². The topological polar surface area (TPSA) is 84.9 Å². The van der Waals surface area contributed by atoms with E-state index in [0.29, 0.717) is 25.9 Å². The number of hydroxylamine groups is 1. The third-order valence-electron chi connectivity index (χ3n) is 5.56. The molecule has 6 nitrogen and oxygen atoms in total. The summed E-state index contributed by atoms with van der Waals surface area (Å²) in [7, 11) is 0. The van der Waals surface area contributed by atoms with Gasteiger partial charge in [-0.25, -0.2) is 10.3 Å². The summed E-state index contributed by atoms with van der Waals surface area (Å²) in [6, 6.07) is 14.0. The molecule has 1 aliphatic rings. The van der Waals surface area contributed by atoms with Gasteiger partial charge in [0.15, 0.2) is 6.29 Å². The predicted octanol–water partition coefficient (Wildman–Crippen LogP) is 4.32. The van der Waals surface area contributed by atoms with E-state index < -0.39 is 30.0 Å². The molecule has 1 fully saturated rings. The molecule has 162 valence electrons. The number of nitrogens with one attached hydrogen (secondary N) is 1. The Morgan fingerprint density at radius 1 is 1.13 bits per heavy atom. The first-order chi connectivity index (χ1) is 14.4. The maximum atomic E-state index is 13.0. The summed E-state index contributed by atoms with van der Waals surface area (Å²) in [4.78, 5) is 30.5. The number of hydrogen-bond acceptors (Lipinski definition) is 4. The monoisotopic (exact) mass is 413 g/mol. The predicted molar refractivity (Wildman–Crippen MR) is 115 cm³/mol. The number of aliphatic carboxylic acids is 1. The first-order valence-electron chi connectivity index (χ1n) is 10.7. The van der Waals surface area contributed by atoms with Crippen molar-refractivity contribution in [1.29, 1.82) is 0 Å². The summed E-state index contributed by atoms with van der Waals surface area (Å²) in [5, 5.41) is 12.0. The van der Waals surface area contributed by atoms with Gasteiger partial charge in [-0.15, -0.1) is 0 Å². The molecular formula is C24H31NO5. The molecular weight excluding hydrogens is 382 g/mol. The van der Waals surface area contributed by atoms with E-state index in [1.807, 2.05) is 56.3 Å². The molecule has 1 aliphatic heterocycles. The maximum Gasteiger partial charge on any atom is 0.307 e. The maximum absolute atomic E-state index is 13.0. The quantitative estimate of drug-likeness (QED) is 0.598. The van der Waals surface area contributed by atoms with Gasteiger partial charge in [0.05, 0.1) is 11.8 Å². The zero-order valence-electron chi connectivity index (χ0n) is 17.7. The van der Waals surface area contributed by atoms with Crippen LogP contribution in [0.5, 0.6) is 0 Å². The Labute approximate surface area is 177 Å². The number of carboxylic acid groups (broad SMARTS) is 1. The molecule has 2 aromatic carbocycles. The Morgan fingerprint density at radius 2 is 1.90 bits per heavy atom. The van der Waals surface area contributed by atoms with Crippen molar-refractivity contribution >= 4 is 22.6 Å². The molecule has 0 spiro atoms. The van der Waals surface area contributed by atoms with E-state index in [9.17, 15) is 14.7 Å². The molecule has 3 rings (SSSR count). The summed E-state index contributed by atoms with van der Waals surface area (Å²) in [6.07, 6.45) is 2.94. The summed E-state index contributed by atoms with van der Waals surface area (Å²) in [5.74, 6) is -2.76. The molecule has 3 atom stereocenters. The van der Waals surface area contributed by atoms with Crippen LogP contribution in [0.3, 0.4) is 0 Å². The van der Waals surface area contributed by atoms with Crippen LogP contribution < -0.4 is 5.48 Å². The molecule has 1 saturated heterocycles. The highest BCUT2D eigenvalue weighted by molar-refractivity contribution is 5.85. The smallest absolute Gasteiger partial charge is 0.307 e. The number of carbonyl (C=O) groups excluding carboxylic acids is 1. The highest BCUT2D eigenvalue weighted by Crippen LogP contribution is 2.27. The molecule has 1 heterocycles. The Hall–Kier alpha value is -2.44. The fourth-order valence-electron chi connectivity index (χ4n) is 3.99. The standard InChI is InChI=1S/C24H31NO5/c1-16(2)13-21(24(27)28)20(23(26)25-30-22-9-5-6-12-29-22)15-17-10-11-18-7-3-4-8-19(18)14-17/h3-4,7-8,10-11,14,16,20-22H,5-6,9,12-13,15H2,1-2H3,(H,25,26)(H,27,28)/t20-,21-,22?/m1/s1. The Balaban J connectivity index is 1.79. The van der Waals surface area contributed by atoms with Gasteiger partial charge in [0.1, 0.15) is 0 Å². The van der Waals surface area contributed by atoms with Crippen LogP contribution >= 0.6 is 0 Å². The minimum Gasteiger partial charge on any atom is -0.481 e. The molecule has 0 radical (unpaired) electrons. The molecule has 0 saturated carbocycles. The van der Waals surface area contributed by atoms with E-state index in [4.69, 9.17) is 9.57 Å². The Kier molecular flexibility index (Phi) is 7.82. The lowest BCUT2D eigenvalue weighted by molar-refractivity contribution is -0.203. The van der Waals surface area contributed by atoms with Crippen molar-refractivity contribution in [2.45, 2.75) is 52.2 Å². The fourth-order valence-corrected chi connectivity index (χ4v) is 3.99. The molecule has 0 aromatic heterocycles. The lowest BCUT2D eigenvalue weighted by Gasteiger charge is -2.27. The number of fused-ring (bicyclic) bond motifs is 1. The average molecular weight is 414 g/mol. The van der Waals surface area contributed by atoms with Crippen LogP contribution in [0.25, 0.3) is 10.8 Å². The average Bonchev–Trinajstić information content (AvgIpc) is 2.74. The fraction of sp³-hybridized carbons (Fsp3) is 0.500. The zero-order valence-corrected chi connectivity index (χ0v) is 17.7. The van der Waals surface area contributed by atoms with Crippen LogP contribution in [0.2, 0.25) is 0 Å². The number of rotatable bonds is 9. The van der Waals surface area contributed by atoms with Gasteiger partial charge in [0, 0.05) is 13.0 Å². The molecule has 2 aromatic rings. The van der Waals surface area contributed by atoms with Gasteiger partial charge in [-0.1, -0.05) is 56.3 Å². The van der Waals surface area contributed by atoms with E-state index in [1.165, 1.54) is 0 Å². The Bertz CT molecular complexity index is 860. The summed E-state index contributed by atoms with van der Waals surface area (Å²) in [6.45, 7) is 4.53. The highest BCUT2D eigenvalue weighted by atomic mass is 16.8. The zero-order chi connectivity index (χ0) is 21.5. The SMILES string of the molecule is CC(C)C[C@@H](C(=O)O)[C@@H](Cc1ccc2ccccc2c1)C(=O)NOC1CCCCO1. The van der Waals surface area contributed by atoms with Crippen molar-refractivity contribution in [3.8, 4) is 0 Å². The normalized spacial score (nSPS) is 18.8. The lowest BCUT2D eigenvalue weighted by atomic mass is 9.81. The lowest BCUT2D eigenvalue weighted by Crippen LogP contribution is -2.42. The minimum atomic E-state index is -0.960. The number of benzene rings is 2.